The van der Waals surface area contributed by atoms with Crippen LogP contribution in [0.4, 0.5) is 5.69 Å². The van der Waals surface area contributed by atoms with Crippen molar-refractivity contribution in [2.75, 3.05) is 38.1 Å². The number of hydrogen-bond acceptors (Lipinski definition) is 6. The van der Waals surface area contributed by atoms with Gasteiger partial charge in [-0.05, 0) is 25.3 Å². The van der Waals surface area contributed by atoms with Gasteiger partial charge in [0.1, 0.15) is 5.92 Å². The molecule has 1 aromatic carbocycles. The molecular formula is C22H22N6O. The Bertz CT molecular complexity index is 1030. The summed E-state index contributed by atoms with van der Waals surface area (Å²) in [5, 5.41) is 4.09. The first kappa shape index (κ1) is 17.8. The van der Waals surface area contributed by atoms with Crippen LogP contribution >= 0.6 is 0 Å². The highest BCUT2D eigenvalue weighted by molar-refractivity contribution is 6.18. The van der Waals surface area contributed by atoms with Crippen molar-refractivity contribution in [3.8, 4) is 11.3 Å². The summed E-state index contributed by atoms with van der Waals surface area (Å²) in [5.41, 5.74) is 8.00. The minimum absolute atomic E-state index is 0.0909. The average molecular weight is 386 g/mol. The van der Waals surface area contributed by atoms with E-state index in [9.17, 15) is 4.79 Å². The average Bonchev–Trinajstić information content (AvgIpc) is 3.15. The van der Waals surface area contributed by atoms with Gasteiger partial charge < -0.3 is 9.80 Å². The normalized spacial score (nSPS) is 21.5. The van der Waals surface area contributed by atoms with Crippen LogP contribution in [-0.4, -0.2) is 59.7 Å². The molecule has 1 fully saturated rings. The molecule has 1 aliphatic carbocycles. The van der Waals surface area contributed by atoms with Gasteiger partial charge in [-0.2, -0.15) is 5.10 Å². The third-order valence-electron chi connectivity index (χ3n) is 5.63. The quantitative estimate of drug-likeness (QED) is 0.873. The molecule has 3 heterocycles. The molecular weight excluding hydrogens is 364 g/mol. The molecule has 146 valence electrons. The molecule has 29 heavy (non-hydrogen) atoms. The van der Waals surface area contributed by atoms with Crippen molar-refractivity contribution in [3.63, 3.8) is 0 Å². The van der Waals surface area contributed by atoms with Gasteiger partial charge in [-0.15, -0.1) is 0 Å². The number of allylic oxidation sites excluding steroid dienone is 3. The summed E-state index contributed by atoms with van der Waals surface area (Å²) in [4.78, 5) is 25.6. The van der Waals surface area contributed by atoms with Crippen LogP contribution < -0.4 is 10.3 Å². The smallest absolute Gasteiger partial charge is 0.253 e. The minimum atomic E-state index is -0.294. The van der Waals surface area contributed by atoms with Crippen LogP contribution in [0.2, 0.25) is 0 Å². The number of hydrogen-bond donors (Lipinski definition) is 1. The van der Waals surface area contributed by atoms with E-state index in [-0.39, 0.29) is 11.8 Å². The van der Waals surface area contributed by atoms with Gasteiger partial charge in [-0.25, -0.2) is 10.4 Å². The number of aromatic nitrogens is 2. The molecule has 3 aliphatic rings. The molecule has 0 saturated carbocycles. The Kier molecular flexibility index (Phi) is 4.44. The van der Waals surface area contributed by atoms with E-state index < -0.39 is 0 Å². The lowest BCUT2D eigenvalue weighted by atomic mass is 9.94. The third kappa shape index (κ3) is 3.45. The number of amides is 1. The molecule has 1 N–H and O–H groups in total. The van der Waals surface area contributed by atoms with E-state index in [4.69, 9.17) is 4.98 Å². The standard InChI is InChI=1S/C22H22N6O/c1-27-8-10-28(11-9-27)17-5-2-15(3-6-17)20-13-23-14-21(24-20)16-4-7-18-19(12-16)25-26-22(18)29/h2-7,12-14,18H,8-11H2,1H3,(H,26,29). The third-order valence-corrected chi connectivity index (χ3v) is 5.63. The number of carbonyl (C=O) groups is 1. The van der Waals surface area contributed by atoms with E-state index >= 15 is 0 Å². The summed E-state index contributed by atoms with van der Waals surface area (Å²) in [6.45, 7) is 4.28. The highest BCUT2D eigenvalue weighted by Gasteiger charge is 2.28. The lowest BCUT2D eigenvalue weighted by molar-refractivity contribution is -0.121. The maximum atomic E-state index is 11.7. The zero-order valence-corrected chi connectivity index (χ0v) is 16.2. The van der Waals surface area contributed by atoms with Gasteiger partial charge in [-0.3, -0.25) is 9.78 Å². The number of nitrogens with one attached hydrogen (secondary N) is 1. The van der Waals surface area contributed by atoms with Gasteiger partial charge in [0.25, 0.3) is 5.91 Å². The maximum absolute atomic E-state index is 11.7. The highest BCUT2D eigenvalue weighted by Crippen LogP contribution is 2.26. The second-order valence-electron chi connectivity index (χ2n) is 7.58. The number of anilines is 1. The van der Waals surface area contributed by atoms with Crippen LogP contribution in [0.5, 0.6) is 0 Å². The Morgan fingerprint density at radius 1 is 1.03 bits per heavy atom. The van der Waals surface area contributed by atoms with Crippen molar-refractivity contribution < 1.29 is 4.79 Å². The fourth-order valence-corrected chi connectivity index (χ4v) is 3.82. The SMILES string of the molecule is CN1CCN(c2ccc(-c3cncc(C4=CC5=NNC(=O)C5C=C4)n3)cc2)CC1. The van der Waals surface area contributed by atoms with E-state index in [2.05, 4.69) is 56.6 Å². The first-order valence-electron chi connectivity index (χ1n) is 9.81. The predicted molar refractivity (Wildman–Crippen MR) is 113 cm³/mol. The molecule has 2 aromatic rings. The number of benzene rings is 1. The fourth-order valence-electron chi connectivity index (χ4n) is 3.82. The number of hydrazone groups is 1. The van der Waals surface area contributed by atoms with Gasteiger partial charge in [0.2, 0.25) is 0 Å². The first-order valence-corrected chi connectivity index (χ1v) is 9.81. The van der Waals surface area contributed by atoms with E-state index in [0.29, 0.717) is 0 Å². The maximum Gasteiger partial charge on any atom is 0.253 e. The number of carbonyl (C=O) groups excluding carboxylic acids is 1. The molecule has 0 bridgehead atoms. The van der Waals surface area contributed by atoms with Gasteiger partial charge in [0, 0.05) is 43.0 Å². The molecule has 2 aliphatic heterocycles. The molecule has 1 unspecified atom stereocenters. The molecule has 1 saturated heterocycles. The molecule has 7 heteroatoms. The van der Waals surface area contributed by atoms with Crippen molar-refractivity contribution in [2.45, 2.75) is 0 Å². The van der Waals surface area contributed by atoms with Gasteiger partial charge in [0.05, 0.1) is 29.5 Å². The number of piperazine rings is 1. The van der Waals surface area contributed by atoms with Crippen LogP contribution in [0, 0.1) is 5.92 Å². The van der Waals surface area contributed by atoms with Crippen molar-refractivity contribution in [1.29, 1.82) is 0 Å². The Labute approximate surface area is 169 Å². The molecule has 1 atom stereocenters. The van der Waals surface area contributed by atoms with E-state index in [0.717, 1.165) is 54.4 Å². The number of likely N-dealkylation sites (N-methyl/N-ethyl adjacent to an activating group) is 1. The first-order chi connectivity index (χ1) is 14.2. The lowest BCUT2D eigenvalue weighted by Gasteiger charge is -2.34. The molecule has 0 radical (unpaired) electrons. The zero-order chi connectivity index (χ0) is 19.8. The van der Waals surface area contributed by atoms with Crippen LogP contribution in [0.25, 0.3) is 16.8 Å². The monoisotopic (exact) mass is 386 g/mol. The fraction of sp³-hybridized carbons (Fsp3) is 0.273. The van der Waals surface area contributed by atoms with E-state index in [1.165, 1.54) is 5.69 Å². The largest absolute Gasteiger partial charge is 0.369 e. The van der Waals surface area contributed by atoms with Crippen LogP contribution in [-0.2, 0) is 4.79 Å². The van der Waals surface area contributed by atoms with Crippen molar-refractivity contribution in [2.24, 2.45) is 11.0 Å². The van der Waals surface area contributed by atoms with Gasteiger partial charge in [0.15, 0.2) is 0 Å². The van der Waals surface area contributed by atoms with Crippen LogP contribution in [0.1, 0.15) is 5.69 Å². The van der Waals surface area contributed by atoms with Gasteiger partial charge >= 0.3 is 0 Å². The second kappa shape index (κ2) is 7.25. The summed E-state index contributed by atoms with van der Waals surface area (Å²) >= 11 is 0. The number of rotatable bonds is 3. The lowest BCUT2D eigenvalue weighted by Crippen LogP contribution is -2.44. The highest BCUT2D eigenvalue weighted by atomic mass is 16.2. The Morgan fingerprint density at radius 3 is 2.59 bits per heavy atom. The van der Waals surface area contributed by atoms with E-state index in [1.54, 1.807) is 12.4 Å². The molecule has 5 rings (SSSR count). The van der Waals surface area contributed by atoms with Crippen molar-refractivity contribution >= 4 is 22.9 Å². The molecule has 7 nitrogen and oxygen atoms in total. The Morgan fingerprint density at radius 2 is 1.79 bits per heavy atom. The predicted octanol–water partition coefficient (Wildman–Crippen LogP) is 1.95. The zero-order valence-electron chi connectivity index (χ0n) is 16.2. The summed E-state index contributed by atoms with van der Waals surface area (Å²) < 4.78 is 0. The minimum Gasteiger partial charge on any atom is -0.369 e. The van der Waals surface area contributed by atoms with Crippen molar-refractivity contribution in [3.05, 3.63) is 60.6 Å². The second-order valence-corrected chi connectivity index (χ2v) is 7.58. The Balaban J connectivity index is 1.37. The van der Waals surface area contributed by atoms with Gasteiger partial charge in [-0.1, -0.05) is 24.3 Å². The molecule has 0 spiro atoms. The molecule has 1 aromatic heterocycles. The molecule has 1 amide bonds. The summed E-state index contributed by atoms with van der Waals surface area (Å²) in [7, 11) is 2.16. The summed E-state index contributed by atoms with van der Waals surface area (Å²) in [5.74, 6) is -0.385. The van der Waals surface area contributed by atoms with Crippen LogP contribution in [0.3, 0.4) is 0 Å². The Hall–Kier alpha value is -3.32. The summed E-state index contributed by atoms with van der Waals surface area (Å²) in [6.07, 6.45) is 9.19. The van der Waals surface area contributed by atoms with E-state index in [1.807, 2.05) is 18.2 Å². The summed E-state index contributed by atoms with van der Waals surface area (Å²) in [6, 6.07) is 8.52. The number of nitrogens with zero attached hydrogens (tertiary/aromatic N) is 5. The van der Waals surface area contributed by atoms with Crippen LogP contribution in [0.15, 0.2) is 60.0 Å². The van der Waals surface area contributed by atoms with Crippen molar-refractivity contribution in [1.82, 2.24) is 20.3 Å². The number of fused-ring (bicyclic) bond motifs is 1. The topological polar surface area (TPSA) is 73.7 Å².